The van der Waals surface area contributed by atoms with Crippen LogP contribution in [-0.2, 0) is 0 Å². The van der Waals surface area contributed by atoms with Crippen molar-refractivity contribution in [3.05, 3.63) is 41.0 Å². The van der Waals surface area contributed by atoms with Crippen LogP contribution >= 0.6 is 11.3 Å². The first-order chi connectivity index (χ1) is 7.59. The first-order valence-corrected chi connectivity index (χ1v) is 5.80. The van der Waals surface area contributed by atoms with Crippen LogP contribution in [0.3, 0.4) is 0 Å². The van der Waals surface area contributed by atoms with Crippen LogP contribution < -0.4 is 10.6 Å². The lowest BCUT2D eigenvalue weighted by atomic mass is 10.2. The Morgan fingerprint density at radius 1 is 1.31 bits per heavy atom. The number of hydrogen-bond donors (Lipinski definition) is 1. The molecule has 1 aromatic heterocycles. The second kappa shape index (κ2) is 4.14. The van der Waals surface area contributed by atoms with Gasteiger partial charge in [-0.05, 0) is 42.1 Å². The highest BCUT2D eigenvalue weighted by Crippen LogP contribution is 2.32. The zero-order valence-corrected chi connectivity index (χ0v) is 10.0. The molecular formula is C12H13FN2S. The van der Waals surface area contributed by atoms with E-state index in [1.807, 2.05) is 36.4 Å². The van der Waals surface area contributed by atoms with Gasteiger partial charge in [0.15, 0.2) is 0 Å². The summed E-state index contributed by atoms with van der Waals surface area (Å²) in [7, 11) is 1.92. The summed E-state index contributed by atoms with van der Waals surface area (Å²) in [5.41, 5.74) is 7.62. The van der Waals surface area contributed by atoms with Gasteiger partial charge in [-0.15, -0.1) is 11.3 Å². The van der Waals surface area contributed by atoms with Crippen molar-refractivity contribution in [3.63, 3.8) is 0 Å². The van der Waals surface area contributed by atoms with Gasteiger partial charge in [0, 0.05) is 12.7 Å². The number of benzene rings is 1. The lowest BCUT2D eigenvalue weighted by Gasteiger charge is -2.18. The van der Waals surface area contributed by atoms with Gasteiger partial charge in [0.2, 0.25) is 0 Å². The van der Waals surface area contributed by atoms with Crippen molar-refractivity contribution in [2.24, 2.45) is 0 Å². The van der Waals surface area contributed by atoms with Crippen LogP contribution in [0.5, 0.6) is 0 Å². The molecule has 0 saturated heterocycles. The fraction of sp³-hybridized carbons (Fsp3) is 0.167. The van der Waals surface area contributed by atoms with Gasteiger partial charge in [-0.25, -0.2) is 4.39 Å². The number of nitrogen functional groups attached to an aromatic ring is 1. The molecule has 84 valence electrons. The first kappa shape index (κ1) is 11.0. The molecule has 1 heterocycles. The van der Waals surface area contributed by atoms with E-state index in [2.05, 4.69) is 0 Å². The lowest BCUT2D eigenvalue weighted by molar-refractivity contribution is 0.632. The number of anilines is 3. The average molecular weight is 236 g/mol. The fourth-order valence-corrected chi connectivity index (χ4v) is 2.47. The molecule has 0 amide bonds. The molecule has 2 N–H and O–H groups in total. The summed E-state index contributed by atoms with van der Waals surface area (Å²) in [5, 5.41) is 3.14. The van der Waals surface area contributed by atoms with Gasteiger partial charge in [0.1, 0.15) is 5.82 Å². The summed E-state index contributed by atoms with van der Waals surface area (Å²) in [5.74, 6) is -0.376. The summed E-state index contributed by atoms with van der Waals surface area (Å²) in [6.45, 7) is 2.04. The molecule has 16 heavy (non-hydrogen) atoms. The molecule has 1 aromatic carbocycles. The van der Waals surface area contributed by atoms with E-state index in [1.165, 1.54) is 11.6 Å². The van der Waals surface area contributed by atoms with Crippen LogP contribution in [0.4, 0.5) is 20.8 Å². The minimum absolute atomic E-state index is 0.181. The molecule has 0 aliphatic rings. The summed E-state index contributed by atoms with van der Waals surface area (Å²) in [4.78, 5) is 1.96. The number of nitrogens with two attached hydrogens (primary N) is 1. The fourth-order valence-electron chi connectivity index (χ4n) is 1.55. The molecule has 0 saturated carbocycles. The Balaban J connectivity index is 2.38. The third-order valence-electron chi connectivity index (χ3n) is 2.51. The number of aryl methyl sites for hydroxylation is 1. The van der Waals surface area contributed by atoms with Crippen LogP contribution in [0.15, 0.2) is 29.6 Å². The Morgan fingerprint density at radius 3 is 2.62 bits per heavy atom. The maximum atomic E-state index is 13.3. The van der Waals surface area contributed by atoms with Gasteiger partial charge in [0.25, 0.3) is 0 Å². The minimum atomic E-state index is -0.376. The Labute approximate surface area is 98.1 Å². The van der Waals surface area contributed by atoms with Crippen molar-refractivity contribution < 1.29 is 4.39 Å². The van der Waals surface area contributed by atoms with E-state index in [4.69, 9.17) is 5.73 Å². The van der Waals surface area contributed by atoms with E-state index in [1.54, 1.807) is 17.4 Å². The second-order valence-corrected chi connectivity index (χ2v) is 4.57. The molecule has 0 aliphatic carbocycles. The Hall–Kier alpha value is -1.55. The van der Waals surface area contributed by atoms with Crippen LogP contribution in [0.25, 0.3) is 0 Å². The van der Waals surface area contributed by atoms with Crippen molar-refractivity contribution in [3.8, 4) is 0 Å². The number of halogens is 1. The molecule has 0 radical (unpaired) electrons. The van der Waals surface area contributed by atoms with Crippen molar-refractivity contribution in [1.29, 1.82) is 0 Å². The van der Waals surface area contributed by atoms with Crippen LogP contribution in [0.1, 0.15) is 5.56 Å². The highest BCUT2D eigenvalue weighted by Gasteiger charge is 2.09. The second-order valence-electron chi connectivity index (χ2n) is 3.67. The monoisotopic (exact) mass is 236 g/mol. The van der Waals surface area contributed by atoms with Crippen LogP contribution in [0, 0.1) is 12.7 Å². The number of hydrogen-bond acceptors (Lipinski definition) is 3. The maximum Gasteiger partial charge on any atom is 0.148 e. The van der Waals surface area contributed by atoms with E-state index in [0.29, 0.717) is 0 Å². The summed E-state index contributed by atoms with van der Waals surface area (Å²) in [6.07, 6.45) is 0. The molecule has 0 spiro atoms. The number of thiophene rings is 1. The average Bonchev–Trinajstić information content (AvgIpc) is 2.67. The molecule has 0 unspecified atom stereocenters. The molecule has 0 fully saturated rings. The molecule has 0 bridgehead atoms. The number of nitrogens with zero attached hydrogens (tertiary/aromatic N) is 1. The molecule has 2 nitrogen and oxygen atoms in total. The zero-order valence-electron chi connectivity index (χ0n) is 9.20. The molecule has 4 heteroatoms. The first-order valence-electron chi connectivity index (χ1n) is 4.92. The van der Waals surface area contributed by atoms with E-state index in [9.17, 15) is 4.39 Å². The highest BCUT2D eigenvalue weighted by atomic mass is 32.1. The van der Waals surface area contributed by atoms with Gasteiger partial charge < -0.3 is 10.6 Å². The third kappa shape index (κ3) is 1.88. The smallest absolute Gasteiger partial charge is 0.148 e. The topological polar surface area (TPSA) is 29.3 Å². The van der Waals surface area contributed by atoms with E-state index < -0.39 is 0 Å². The minimum Gasteiger partial charge on any atom is -0.396 e. The highest BCUT2D eigenvalue weighted by molar-refractivity contribution is 7.14. The molecular weight excluding hydrogens is 223 g/mol. The summed E-state index contributed by atoms with van der Waals surface area (Å²) >= 11 is 1.63. The van der Waals surface area contributed by atoms with Crippen LogP contribution in [0.2, 0.25) is 0 Å². The SMILES string of the molecule is Cc1ccsc1N(C)c1ccc(N)c(F)c1. The van der Waals surface area contributed by atoms with Crippen molar-refractivity contribution >= 4 is 27.7 Å². The van der Waals surface area contributed by atoms with E-state index in [0.717, 1.165) is 10.7 Å². The molecule has 2 rings (SSSR count). The normalized spacial score (nSPS) is 10.4. The van der Waals surface area contributed by atoms with Crippen LogP contribution in [-0.4, -0.2) is 7.05 Å². The standard InChI is InChI=1S/C12H13FN2S/c1-8-5-6-16-12(8)15(2)9-3-4-11(14)10(13)7-9/h3-7H,14H2,1-2H3. The third-order valence-corrected chi connectivity index (χ3v) is 3.60. The Bertz CT molecular complexity index is 507. The lowest BCUT2D eigenvalue weighted by Crippen LogP contribution is -2.09. The van der Waals surface area contributed by atoms with Gasteiger partial charge in [-0.3, -0.25) is 0 Å². The molecule has 0 aliphatic heterocycles. The largest absolute Gasteiger partial charge is 0.396 e. The van der Waals surface area contributed by atoms with E-state index >= 15 is 0 Å². The predicted octanol–water partition coefficient (Wildman–Crippen LogP) is 3.55. The summed E-state index contributed by atoms with van der Waals surface area (Å²) in [6, 6.07) is 6.90. The molecule has 2 aromatic rings. The van der Waals surface area contributed by atoms with Gasteiger partial charge in [0.05, 0.1) is 10.7 Å². The van der Waals surface area contributed by atoms with Crippen molar-refractivity contribution in [2.75, 3.05) is 17.7 Å². The van der Waals surface area contributed by atoms with Crippen molar-refractivity contribution in [2.45, 2.75) is 6.92 Å². The van der Waals surface area contributed by atoms with Gasteiger partial charge >= 0.3 is 0 Å². The number of rotatable bonds is 2. The van der Waals surface area contributed by atoms with Gasteiger partial charge in [-0.2, -0.15) is 0 Å². The van der Waals surface area contributed by atoms with E-state index in [-0.39, 0.29) is 11.5 Å². The maximum absolute atomic E-state index is 13.3. The molecule has 0 atom stereocenters. The Morgan fingerprint density at radius 2 is 2.06 bits per heavy atom. The van der Waals surface area contributed by atoms with Gasteiger partial charge in [-0.1, -0.05) is 0 Å². The summed E-state index contributed by atoms with van der Waals surface area (Å²) < 4.78 is 13.3. The predicted molar refractivity (Wildman–Crippen MR) is 67.9 cm³/mol. The Kier molecular flexibility index (Phi) is 2.83. The zero-order chi connectivity index (χ0) is 11.7. The quantitative estimate of drug-likeness (QED) is 0.808. The van der Waals surface area contributed by atoms with Crippen molar-refractivity contribution in [1.82, 2.24) is 0 Å².